The van der Waals surface area contributed by atoms with E-state index in [4.69, 9.17) is 23.2 Å². The first-order valence-corrected chi connectivity index (χ1v) is 9.63. The van der Waals surface area contributed by atoms with E-state index in [9.17, 15) is 0 Å². The van der Waals surface area contributed by atoms with E-state index in [2.05, 4.69) is 64.4 Å². The van der Waals surface area contributed by atoms with Gasteiger partial charge >= 0.3 is 0 Å². The van der Waals surface area contributed by atoms with E-state index >= 15 is 0 Å². The number of fused-ring (bicyclic) bond motifs is 3. The zero-order valence-electron chi connectivity index (χ0n) is 14.4. The zero-order chi connectivity index (χ0) is 18.4. The SMILES string of the molecule is Clc1ccc(C2=C(c3ccc(Cl)cc3)C3C=CC=CC3n3nccc32)cc1. The number of halogens is 2. The van der Waals surface area contributed by atoms with E-state index in [1.54, 1.807) is 0 Å². The molecule has 2 unspecified atom stereocenters. The van der Waals surface area contributed by atoms with E-state index in [0.717, 1.165) is 21.3 Å². The largest absolute Gasteiger partial charge is 0.257 e. The van der Waals surface area contributed by atoms with Crippen LogP contribution < -0.4 is 0 Å². The van der Waals surface area contributed by atoms with Crippen LogP contribution in [0.3, 0.4) is 0 Å². The van der Waals surface area contributed by atoms with Gasteiger partial charge in [-0.05, 0) is 47.0 Å². The summed E-state index contributed by atoms with van der Waals surface area (Å²) >= 11 is 12.3. The Bertz CT molecular complexity index is 1090. The highest BCUT2D eigenvalue weighted by atomic mass is 35.5. The van der Waals surface area contributed by atoms with Gasteiger partial charge in [-0.1, -0.05) is 71.8 Å². The number of benzene rings is 2. The summed E-state index contributed by atoms with van der Waals surface area (Å²) in [4.78, 5) is 0. The van der Waals surface area contributed by atoms with Crippen molar-refractivity contribution < 1.29 is 0 Å². The monoisotopic (exact) mass is 390 g/mol. The summed E-state index contributed by atoms with van der Waals surface area (Å²) in [6.45, 7) is 0. The Morgan fingerprint density at radius 1 is 0.741 bits per heavy atom. The molecule has 5 rings (SSSR count). The van der Waals surface area contributed by atoms with Crippen LogP contribution in [0, 0.1) is 5.92 Å². The van der Waals surface area contributed by atoms with Crippen LogP contribution in [0.15, 0.2) is 85.1 Å². The lowest BCUT2D eigenvalue weighted by molar-refractivity contribution is 0.469. The third kappa shape index (κ3) is 2.77. The van der Waals surface area contributed by atoms with Crippen LogP contribution in [-0.4, -0.2) is 9.78 Å². The summed E-state index contributed by atoms with van der Waals surface area (Å²) in [5.74, 6) is 0.203. The molecule has 0 saturated carbocycles. The fraction of sp³-hybridized carbons (Fsp3) is 0.0870. The standard InChI is InChI=1S/C23H16Cl2N2/c24-17-9-5-15(6-10-17)22-19-3-1-2-4-20(19)27-21(13-14-26-27)23(22)16-7-11-18(25)12-8-16/h1-14,19-20H. The lowest BCUT2D eigenvalue weighted by Crippen LogP contribution is -2.27. The van der Waals surface area contributed by atoms with Crippen molar-refractivity contribution in [2.24, 2.45) is 5.92 Å². The molecule has 4 heteroatoms. The normalized spacial score (nSPS) is 20.5. The summed E-state index contributed by atoms with van der Waals surface area (Å²) in [5, 5.41) is 6.10. The van der Waals surface area contributed by atoms with E-state index in [1.807, 2.05) is 30.5 Å². The second-order valence-corrected chi connectivity index (χ2v) is 7.62. The van der Waals surface area contributed by atoms with Gasteiger partial charge in [-0.25, -0.2) is 0 Å². The van der Waals surface area contributed by atoms with Crippen molar-refractivity contribution in [1.82, 2.24) is 9.78 Å². The number of hydrogen-bond acceptors (Lipinski definition) is 1. The Hall–Kier alpha value is -2.55. The smallest absolute Gasteiger partial charge is 0.0813 e. The minimum absolute atomic E-state index is 0.168. The van der Waals surface area contributed by atoms with Crippen LogP contribution >= 0.6 is 23.2 Å². The highest BCUT2D eigenvalue weighted by Crippen LogP contribution is 2.47. The second kappa shape index (κ2) is 6.56. The number of hydrogen-bond donors (Lipinski definition) is 0. The average Bonchev–Trinajstić information content (AvgIpc) is 3.18. The fourth-order valence-corrected chi connectivity index (χ4v) is 4.29. The third-order valence-electron chi connectivity index (χ3n) is 5.21. The highest BCUT2D eigenvalue weighted by molar-refractivity contribution is 6.31. The quantitative estimate of drug-likeness (QED) is 0.491. The molecule has 2 heterocycles. The van der Waals surface area contributed by atoms with Crippen LogP contribution in [0.2, 0.25) is 10.0 Å². The predicted molar refractivity (Wildman–Crippen MR) is 112 cm³/mol. The summed E-state index contributed by atoms with van der Waals surface area (Å²) in [6.07, 6.45) is 10.6. The number of rotatable bonds is 2. The Morgan fingerprint density at radius 3 is 2.07 bits per heavy atom. The molecule has 0 amide bonds. The molecular formula is C23H16Cl2N2. The first-order chi connectivity index (χ1) is 13.2. The zero-order valence-corrected chi connectivity index (χ0v) is 15.9. The van der Waals surface area contributed by atoms with Crippen molar-refractivity contribution in [3.8, 4) is 0 Å². The van der Waals surface area contributed by atoms with Crippen molar-refractivity contribution >= 4 is 34.3 Å². The second-order valence-electron chi connectivity index (χ2n) is 6.75. The Balaban J connectivity index is 1.83. The van der Waals surface area contributed by atoms with E-state index in [1.165, 1.54) is 16.7 Å². The van der Waals surface area contributed by atoms with Gasteiger partial charge in [0.25, 0.3) is 0 Å². The van der Waals surface area contributed by atoms with Gasteiger partial charge in [-0.3, -0.25) is 4.68 Å². The van der Waals surface area contributed by atoms with E-state index in [-0.39, 0.29) is 12.0 Å². The lowest BCUT2D eigenvalue weighted by Gasteiger charge is -2.35. The Labute approximate surface area is 168 Å². The van der Waals surface area contributed by atoms with Crippen LogP contribution in [-0.2, 0) is 0 Å². The maximum absolute atomic E-state index is 6.15. The lowest BCUT2D eigenvalue weighted by atomic mass is 9.76. The van der Waals surface area contributed by atoms with E-state index in [0.29, 0.717) is 0 Å². The van der Waals surface area contributed by atoms with Gasteiger partial charge in [0.05, 0.1) is 11.7 Å². The number of allylic oxidation sites excluding steroid dienone is 5. The average molecular weight is 391 g/mol. The molecule has 132 valence electrons. The predicted octanol–water partition coefficient (Wildman–Crippen LogP) is 6.45. The van der Waals surface area contributed by atoms with Crippen LogP contribution in [0.25, 0.3) is 11.1 Å². The maximum atomic E-state index is 6.15. The van der Waals surface area contributed by atoms with Crippen molar-refractivity contribution in [3.05, 3.63) is 112 Å². The van der Waals surface area contributed by atoms with Crippen LogP contribution in [0.1, 0.15) is 22.9 Å². The molecule has 27 heavy (non-hydrogen) atoms. The molecule has 2 atom stereocenters. The first-order valence-electron chi connectivity index (χ1n) is 8.87. The molecule has 0 N–H and O–H groups in total. The molecule has 1 aliphatic heterocycles. The molecule has 1 aromatic heterocycles. The highest BCUT2D eigenvalue weighted by Gasteiger charge is 2.35. The minimum Gasteiger partial charge on any atom is -0.257 e. The van der Waals surface area contributed by atoms with Crippen LogP contribution in [0.5, 0.6) is 0 Å². The topological polar surface area (TPSA) is 17.8 Å². The van der Waals surface area contributed by atoms with Gasteiger partial charge in [-0.2, -0.15) is 5.10 Å². The van der Waals surface area contributed by atoms with Crippen molar-refractivity contribution in [2.75, 3.05) is 0 Å². The maximum Gasteiger partial charge on any atom is 0.0813 e. The molecule has 0 fully saturated rings. The molecule has 0 radical (unpaired) electrons. The van der Waals surface area contributed by atoms with Gasteiger partial charge < -0.3 is 0 Å². The molecular weight excluding hydrogens is 375 g/mol. The number of aromatic nitrogens is 2. The van der Waals surface area contributed by atoms with E-state index < -0.39 is 0 Å². The van der Waals surface area contributed by atoms with Crippen LogP contribution in [0.4, 0.5) is 0 Å². The molecule has 2 aromatic carbocycles. The van der Waals surface area contributed by atoms with Gasteiger partial charge in [0.2, 0.25) is 0 Å². The molecule has 2 nitrogen and oxygen atoms in total. The first kappa shape index (κ1) is 16.6. The molecule has 0 spiro atoms. The molecule has 2 aliphatic rings. The Morgan fingerprint density at radius 2 is 1.37 bits per heavy atom. The van der Waals surface area contributed by atoms with Gasteiger partial charge in [-0.15, -0.1) is 0 Å². The van der Waals surface area contributed by atoms with Crippen molar-refractivity contribution in [1.29, 1.82) is 0 Å². The Kier molecular flexibility index (Phi) is 4.04. The van der Waals surface area contributed by atoms with Crippen molar-refractivity contribution in [2.45, 2.75) is 6.04 Å². The molecule has 1 aliphatic carbocycles. The summed E-state index contributed by atoms with van der Waals surface area (Å²) in [5.41, 5.74) is 5.89. The van der Waals surface area contributed by atoms with Gasteiger partial charge in [0.1, 0.15) is 0 Å². The minimum atomic E-state index is 0.168. The summed E-state index contributed by atoms with van der Waals surface area (Å²) in [7, 11) is 0. The summed E-state index contributed by atoms with van der Waals surface area (Å²) < 4.78 is 2.12. The summed E-state index contributed by atoms with van der Waals surface area (Å²) in [6, 6.07) is 18.4. The molecule has 0 saturated heterocycles. The molecule has 0 bridgehead atoms. The van der Waals surface area contributed by atoms with Crippen molar-refractivity contribution in [3.63, 3.8) is 0 Å². The molecule has 3 aromatic rings. The van der Waals surface area contributed by atoms with Gasteiger partial charge in [0, 0.05) is 27.7 Å². The van der Waals surface area contributed by atoms with Gasteiger partial charge in [0.15, 0.2) is 0 Å². The number of nitrogens with zero attached hydrogens (tertiary/aromatic N) is 2. The third-order valence-corrected chi connectivity index (χ3v) is 5.71. The fourth-order valence-electron chi connectivity index (χ4n) is 4.04.